The smallest absolute Gasteiger partial charge is 0.323 e. The molecule has 156 valence electrons. The number of rotatable bonds is 8. The standard InChI is InChI=1S/C20H24F2N4O3/c1-26(2)18-8-6-13(11-15(18)19(27)23-9-4-10-29-3)24-20(28)25-14-5-7-16(21)17(22)12-14/h5-8,11-12H,4,9-10H2,1-3H3,(H,23,27)(H2,24,25,28). The topological polar surface area (TPSA) is 82.7 Å². The van der Waals surface area contributed by atoms with E-state index >= 15 is 0 Å². The molecule has 2 aromatic rings. The fourth-order valence-corrected chi connectivity index (χ4v) is 2.57. The summed E-state index contributed by atoms with van der Waals surface area (Å²) in [4.78, 5) is 26.5. The van der Waals surface area contributed by atoms with Crippen LogP contribution in [0.3, 0.4) is 0 Å². The second-order valence-corrected chi connectivity index (χ2v) is 6.44. The van der Waals surface area contributed by atoms with Crippen molar-refractivity contribution < 1.29 is 23.1 Å². The molecule has 2 rings (SSSR count). The number of carbonyl (C=O) groups is 2. The number of urea groups is 1. The van der Waals surface area contributed by atoms with Crippen LogP contribution in [0.2, 0.25) is 0 Å². The van der Waals surface area contributed by atoms with Gasteiger partial charge in [0.2, 0.25) is 0 Å². The van der Waals surface area contributed by atoms with Crippen molar-refractivity contribution in [3.05, 3.63) is 53.6 Å². The Hall–Kier alpha value is -3.20. The first-order chi connectivity index (χ1) is 13.8. The molecule has 0 spiro atoms. The van der Waals surface area contributed by atoms with Gasteiger partial charge in [-0.25, -0.2) is 13.6 Å². The molecule has 9 heteroatoms. The fourth-order valence-electron chi connectivity index (χ4n) is 2.57. The van der Waals surface area contributed by atoms with E-state index in [-0.39, 0.29) is 11.6 Å². The summed E-state index contributed by atoms with van der Waals surface area (Å²) in [6.07, 6.45) is 0.675. The van der Waals surface area contributed by atoms with E-state index in [1.807, 2.05) is 0 Å². The number of amides is 3. The molecule has 29 heavy (non-hydrogen) atoms. The van der Waals surface area contributed by atoms with Gasteiger partial charge in [0, 0.05) is 57.5 Å². The Bertz CT molecular complexity index is 875. The fraction of sp³-hybridized carbons (Fsp3) is 0.300. The summed E-state index contributed by atoms with van der Waals surface area (Å²) in [5, 5.41) is 7.80. The van der Waals surface area contributed by atoms with Crippen molar-refractivity contribution >= 4 is 29.0 Å². The van der Waals surface area contributed by atoms with Crippen molar-refractivity contribution in [2.24, 2.45) is 0 Å². The van der Waals surface area contributed by atoms with E-state index in [1.165, 1.54) is 6.07 Å². The van der Waals surface area contributed by atoms with Crippen molar-refractivity contribution in [2.45, 2.75) is 6.42 Å². The van der Waals surface area contributed by atoms with E-state index in [0.717, 1.165) is 12.1 Å². The second kappa shape index (κ2) is 10.4. The summed E-state index contributed by atoms with van der Waals surface area (Å²) in [5.74, 6) is -2.35. The lowest BCUT2D eigenvalue weighted by Crippen LogP contribution is -2.27. The number of hydrogen-bond acceptors (Lipinski definition) is 4. The zero-order valence-corrected chi connectivity index (χ0v) is 16.5. The third-order valence-corrected chi connectivity index (χ3v) is 3.97. The van der Waals surface area contributed by atoms with Gasteiger partial charge < -0.3 is 25.6 Å². The van der Waals surface area contributed by atoms with Crippen LogP contribution in [0, 0.1) is 11.6 Å². The molecule has 0 radical (unpaired) electrons. The lowest BCUT2D eigenvalue weighted by atomic mass is 10.1. The van der Waals surface area contributed by atoms with Crippen molar-refractivity contribution in [2.75, 3.05) is 49.9 Å². The highest BCUT2D eigenvalue weighted by Crippen LogP contribution is 2.23. The average Bonchev–Trinajstić information content (AvgIpc) is 2.67. The molecule has 0 saturated carbocycles. The van der Waals surface area contributed by atoms with E-state index in [9.17, 15) is 18.4 Å². The van der Waals surface area contributed by atoms with Crippen molar-refractivity contribution in [1.82, 2.24) is 5.32 Å². The average molecular weight is 406 g/mol. The minimum absolute atomic E-state index is 0.0995. The monoisotopic (exact) mass is 406 g/mol. The molecule has 0 atom stereocenters. The number of nitrogens with zero attached hydrogens (tertiary/aromatic N) is 1. The number of anilines is 3. The van der Waals surface area contributed by atoms with Crippen molar-refractivity contribution in [1.29, 1.82) is 0 Å². The largest absolute Gasteiger partial charge is 0.385 e. The summed E-state index contributed by atoms with van der Waals surface area (Å²) < 4.78 is 31.2. The maximum atomic E-state index is 13.3. The normalized spacial score (nSPS) is 10.4. The van der Waals surface area contributed by atoms with Crippen LogP contribution in [-0.2, 0) is 4.74 Å². The van der Waals surface area contributed by atoms with Gasteiger partial charge in [-0.15, -0.1) is 0 Å². The van der Waals surface area contributed by atoms with Gasteiger partial charge in [0.15, 0.2) is 11.6 Å². The Kier molecular flexibility index (Phi) is 7.90. The van der Waals surface area contributed by atoms with Crippen molar-refractivity contribution in [3.8, 4) is 0 Å². The first-order valence-electron chi connectivity index (χ1n) is 8.93. The third-order valence-electron chi connectivity index (χ3n) is 3.97. The molecule has 0 aliphatic heterocycles. The summed E-state index contributed by atoms with van der Waals surface area (Å²) in [7, 11) is 5.20. The molecular weight excluding hydrogens is 382 g/mol. The molecule has 0 bridgehead atoms. The summed E-state index contributed by atoms with van der Waals surface area (Å²) in [6, 6.07) is 7.28. The Morgan fingerprint density at radius 1 is 1.00 bits per heavy atom. The number of benzene rings is 2. The number of halogens is 2. The van der Waals surface area contributed by atoms with E-state index in [2.05, 4.69) is 16.0 Å². The van der Waals surface area contributed by atoms with Gasteiger partial charge in [-0.05, 0) is 36.8 Å². The maximum absolute atomic E-state index is 13.3. The van der Waals surface area contributed by atoms with Crippen LogP contribution in [0.5, 0.6) is 0 Å². The van der Waals surface area contributed by atoms with Crippen LogP contribution in [0.25, 0.3) is 0 Å². The first-order valence-corrected chi connectivity index (χ1v) is 8.93. The molecule has 0 fully saturated rings. The van der Waals surface area contributed by atoms with Gasteiger partial charge in [-0.1, -0.05) is 0 Å². The highest BCUT2D eigenvalue weighted by Gasteiger charge is 2.15. The van der Waals surface area contributed by atoms with Crippen LogP contribution in [0.1, 0.15) is 16.8 Å². The van der Waals surface area contributed by atoms with Gasteiger partial charge in [0.05, 0.1) is 5.56 Å². The van der Waals surface area contributed by atoms with Crippen molar-refractivity contribution in [3.63, 3.8) is 0 Å². The first kappa shape index (κ1) is 22.1. The molecule has 3 amide bonds. The number of methoxy groups -OCH3 is 1. The van der Waals surface area contributed by atoms with Crippen LogP contribution in [0.15, 0.2) is 36.4 Å². The van der Waals surface area contributed by atoms with E-state index in [1.54, 1.807) is 44.3 Å². The third kappa shape index (κ3) is 6.42. The Balaban J connectivity index is 2.10. The van der Waals surface area contributed by atoms with E-state index < -0.39 is 17.7 Å². The zero-order valence-electron chi connectivity index (χ0n) is 16.5. The van der Waals surface area contributed by atoms with E-state index in [0.29, 0.717) is 36.5 Å². The molecule has 0 aromatic heterocycles. The van der Waals surface area contributed by atoms with Gasteiger partial charge in [-0.3, -0.25) is 4.79 Å². The Labute approximate surface area is 168 Å². The van der Waals surface area contributed by atoms with Gasteiger partial charge in [0.25, 0.3) is 5.91 Å². The number of nitrogens with one attached hydrogen (secondary N) is 3. The predicted molar refractivity (Wildman–Crippen MR) is 109 cm³/mol. The number of carbonyl (C=O) groups excluding carboxylic acids is 2. The highest BCUT2D eigenvalue weighted by molar-refractivity contribution is 6.03. The van der Waals surface area contributed by atoms with E-state index in [4.69, 9.17) is 4.74 Å². The van der Waals surface area contributed by atoms with Crippen LogP contribution in [0.4, 0.5) is 30.6 Å². The molecule has 2 aromatic carbocycles. The molecule has 0 aliphatic carbocycles. The molecule has 0 aliphatic rings. The second-order valence-electron chi connectivity index (χ2n) is 6.44. The quantitative estimate of drug-likeness (QED) is 0.587. The lowest BCUT2D eigenvalue weighted by molar-refractivity contribution is 0.0949. The number of hydrogen-bond donors (Lipinski definition) is 3. The molecule has 0 heterocycles. The predicted octanol–water partition coefficient (Wildman–Crippen LogP) is 3.44. The number of ether oxygens (including phenoxy) is 1. The van der Waals surface area contributed by atoms with Crippen LogP contribution in [-0.4, -0.2) is 46.3 Å². The molecular formula is C20H24F2N4O3. The SMILES string of the molecule is COCCCNC(=O)c1cc(NC(=O)Nc2ccc(F)c(F)c2)ccc1N(C)C. The van der Waals surface area contributed by atoms with Crippen LogP contribution < -0.4 is 20.9 Å². The Morgan fingerprint density at radius 2 is 1.66 bits per heavy atom. The zero-order chi connectivity index (χ0) is 21.4. The molecule has 0 unspecified atom stereocenters. The van der Waals surface area contributed by atoms with Gasteiger partial charge in [-0.2, -0.15) is 0 Å². The van der Waals surface area contributed by atoms with Gasteiger partial charge in [0.1, 0.15) is 0 Å². The molecule has 0 saturated heterocycles. The Morgan fingerprint density at radius 3 is 2.28 bits per heavy atom. The highest BCUT2D eigenvalue weighted by atomic mass is 19.2. The van der Waals surface area contributed by atoms with Crippen LogP contribution >= 0.6 is 0 Å². The minimum atomic E-state index is -1.06. The molecule has 7 nitrogen and oxygen atoms in total. The summed E-state index contributed by atoms with van der Waals surface area (Å²) >= 11 is 0. The maximum Gasteiger partial charge on any atom is 0.323 e. The molecule has 3 N–H and O–H groups in total. The van der Waals surface area contributed by atoms with Gasteiger partial charge >= 0.3 is 6.03 Å². The summed E-state index contributed by atoms with van der Waals surface area (Å²) in [5.41, 5.74) is 1.54. The minimum Gasteiger partial charge on any atom is -0.385 e. The summed E-state index contributed by atoms with van der Waals surface area (Å²) in [6.45, 7) is 0.986. The lowest BCUT2D eigenvalue weighted by Gasteiger charge is -2.18.